The van der Waals surface area contributed by atoms with Crippen LogP contribution >= 0.6 is 0 Å². The Morgan fingerprint density at radius 2 is 2.22 bits per heavy atom. The number of rotatable bonds is 7. The molecule has 1 aromatic rings. The van der Waals surface area contributed by atoms with Gasteiger partial charge in [0, 0.05) is 37.0 Å². The summed E-state index contributed by atoms with van der Waals surface area (Å²) in [5.74, 6) is 0. The molecule has 1 N–H and O–H groups in total. The average molecular weight is 253 g/mol. The Kier molecular flexibility index (Phi) is 5.67. The summed E-state index contributed by atoms with van der Waals surface area (Å²) in [5.41, 5.74) is 2.09. The lowest BCUT2D eigenvalue weighted by molar-refractivity contribution is -0.386. The summed E-state index contributed by atoms with van der Waals surface area (Å²) in [7, 11) is 0. The maximum Gasteiger partial charge on any atom is 0.278 e. The number of aryl methyl sites for hydroxylation is 1. The molecule has 0 aliphatic carbocycles. The van der Waals surface area contributed by atoms with E-state index in [-0.39, 0.29) is 10.6 Å². The van der Waals surface area contributed by atoms with Gasteiger partial charge in [-0.15, -0.1) is 0 Å². The molecule has 0 spiro atoms. The summed E-state index contributed by atoms with van der Waals surface area (Å²) in [6, 6.07) is 0. The monoisotopic (exact) mass is 253 g/mol. The third-order valence-corrected chi connectivity index (χ3v) is 2.68. The predicted molar refractivity (Wildman–Crippen MR) is 68.6 cm³/mol. The maximum atomic E-state index is 10.9. The summed E-state index contributed by atoms with van der Waals surface area (Å²) in [5, 5.41) is 14.1. The minimum atomic E-state index is -0.351. The van der Waals surface area contributed by atoms with Crippen molar-refractivity contribution in [2.75, 3.05) is 19.8 Å². The van der Waals surface area contributed by atoms with E-state index >= 15 is 0 Å². The summed E-state index contributed by atoms with van der Waals surface area (Å²) in [4.78, 5) is 14.8. The first-order chi connectivity index (χ1) is 8.57. The number of hydrogen-bond acceptors (Lipinski definition) is 5. The zero-order valence-corrected chi connectivity index (χ0v) is 11.0. The normalized spacial score (nSPS) is 10.6. The summed E-state index contributed by atoms with van der Waals surface area (Å²) >= 11 is 0. The van der Waals surface area contributed by atoms with Gasteiger partial charge >= 0.3 is 0 Å². The lowest BCUT2D eigenvalue weighted by Crippen LogP contribution is -2.20. The van der Waals surface area contributed by atoms with Gasteiger partial charge in [0.2, 0.25) is 0 Å². The van der Waals surface area contributed by atoms with Crippen molar-refractivity contribution in [1.82, 2.24) is 10.3 Å². The third-order valence-electron chi connectivity index (χ3n) is 2.68. The third kappa shape index (κ3) is 3.75. The predicted octanol–water partition coefficient (Wildman–Crippen LogP) is 1.73. The highest BCUT2D eigenvalue weighted by molar-refractivity contribution is 5.47. The molecule has 0 atom stereocenters. The molecule has 100 valence electrons. The SMILES string of the molecule is CCOCCNCc1ncc(C)c([N+](=O)[O-])c1C. The van der Waals surface area contributed by atoms with Crippen molar-refractivity contribution in [1.29, 1.82) is 0 Å². The molecule has 0 aliphatic rings. The molecule has 1 heterocycles. The molecular formula is C12H19N3O3. The molecule has 0 unspecified atom stereocenters. The van der Waals surface area contributed by atoms with Crippen molar-refractivity contribution in [3.8, 4) is 0 Å². The Morgan fingerprint density at radius 3 is 2.83 bits per heavy atom. The van der Waals surface area contributed by atoms with Crippen molar-refractivity contribution in [3.63, 3.8) is 0 Å². The molecular weight excluding hydrogens is 234 g/mol. The molecule has 0 aliphatic heterocycles. The van der Waals surface area contributed by atoms with Gasteiger partial charge in [0.25, 0.3) is 5.69 Å². The number of aromatic nitrogens is 1. The van der Waals surface area contributed by atoms with Crippen LogP contribution < -0.4 is 5.32 Å². The number of hydrogen-bond donors (Lipinski definition) is 1. The van der Waals surface area contributed by atoms with Gasteiger partial charge < -0.3 is 10.1 Å². The first kappa shape index (κ1) is 14.5. The second kappa shape index (κ2) is 7.03. The van der Waals surface area contributed by atoms with Gasteiger partial charge in [-0.1, -0.05) is 0 Å². The van der Waals surface area contributed by atoms with E-state index in [1.165, 1.54) is 0 Å². The van der Waals surface area contributed by atoms with Crippen molar-refractivity contribution >= 4 is 5.69 Å². The highest BCUT2D eigenvalue weighted by atomic mass is 16.6. The lowest BCUT2D eigenvalue weighted by Gasteiger charge is -2.08. The Labute approximate surface area is 107 Å². The van der Waals surface area contributed by atoms with Gasteiger partial charge in [0.15, 0.2) is 0 Å². The summed E-state index contributed by atoms with van der Waals surface area (Å²) in [6.07, 6.45) is 1.55. The molecule has 0 fully saturated rings. The van der Waals surface area contributed by atoms with E-state index in [2.05, 4.69) is 10.3 Å². The standard InChI is InChI=1S/C12H19N3O3/c1-4-18-6-5-13-8-11-10(3)12(15(16)17)9(2)7-14-11/h7,13H,4-6,8H2,1-3H3. The number of nitrogens with one attached hydrogen (secondary N) is 1. The molecule has 0 aromatic carbocycles. The summed E-state index contributed by atoms with van der Waals surface area (Å²) < 4.78 is 5.19. The second-order valence-electron chi connectivity index (χ2n) is 3.99. The van der Waals surface area contributed by atoms with E-state index in [1.54, 1.807) is 20.0 Å². The van der Waals surface area contributed by atoms with Crippen LogP contribution in [0.5, 0.6) is 0 Å². The fourth-order valence-electron chi connectivity index (χ4n) is 1.72. The Morgan fingerprint density at radius 1 is 1.50 bits per heavy atom. The number of nitrogens with zero attached hydrogens (tertiary/aromatic N) is 2. The fourth-order valence-corrected chi connectivity index (χ4v) is 1.72. The van der Waals surface area contributed by atoms with E-state index in [1.807, 2.05) is 6.92 Å². The van der Waals surface area contributed by atoms with E-state index in [4.69, 9.17) is 4.74 Å². The maximum absolute atomic E-state index is 10.9. The highest BCUT2D eigenvalue weighted by Gasteiger charge is 2.18. The first-order valence-electron chi connectivity index (χ1n) is 5.95. The molecule has 0 radical (unpaired) electrons. The van der Waals surface area contributed by atoms with Crippen LogP contribution in [0, 0.1) is 24.0 Å². The molecule has 6 nitrogen and oxygen atoms in total. The zero-order chi connectivity index (χ0) is 13.5. The number of ether oxygens (including phenoxy) is 1. The van der Waals surface area contributed by atoms with E-state index < -0.39 is 0 Å². The van der Waals surface area contributed by atoms with Crippen LogP contribution in [0.25, 0.3) is 0 Å². The Balaban J connectivity index is 2.67. The molecule has 1 aromatic heterocycles. The van der Waals surface area contributed by atoms with Crippen molar-refractivity contribution in [2.45, 2.75) is 27.3 Å². The average Bonchev–Trinajstić information content (AvgIpc) is 2.31. The molecule has 18 heavy (non-hydrogen) atoms. The quantitative estimate of drug-likeness (QED) is 0.455. The largest absolute Gasteiger partial charge is 0.380 e. The van der Waals surface area contributed by atoms with Gasteiger partial charge in [-0.3, -0.25) is 15.1 Å². The molecule has 0 saturated heterocycles. The van der Waals surface area contributed by atoms with Crippen LogP contribution in [0.15, 0.2) is 6.20 Å². The van der Waals surface area contributed by atoms with Gasteiger partial charge in [0.1, 0.15) is 0 Å². The van der Waals surface area contributed by atoms with Gasteiger partial charge in [-0.25, -0.2) is 0 Å². The Hall–Kier alpha value is -1.53. The van der Waals surface area contributed by atoms with Gasteiger partial charge in [-0.2, -0.15) is 0 Å². The molecule has 1 rings (SSSR count). The van der Waals surface area contributed by atoms with Crippen LogP contribution in [0.1, 0.15) is 23.7 Å². The number of pyridine rings is 1. The minimum absolute atomic E-state index is 0.159. The fraction of sp³-hybridized carbons (Fsp3) is 0.583. The molecule has 0 bridgehead atoms. The topological polar surface area (TPSA) is 77.3 Å². The van der Waals surface area contributed by atoms with Crippen LogP contribution in [-0.2, 0) is 11.3 Å². The van der Waals surface area contributed by atoms with E-state index in [0.29, 0.717) is 43.1 Å². The van der Waals surface area contributed by atoms with Crippen molar-refractivity contribution in [2.24, 2.45) is 0 Å². The molecule has 0 amide bonds. The smallest absolute Gasteiger partial charge is 0.278 e. The Bertz CT molecular complexity index is 421. The van der Waals surface area contributed by atoms with Gasteiger partial charge in [-0.05, 0) is 20.8 Å². The van der Waals surface area contributed by atoms with Gasteiger partial charge in [0.05, 0.1) is 17.2 Å². The molecule has 6 heteroatoms. The number of nitro groups is 1. The zero-order valence-electron chi connectivity index (χ0n) is 11.0. The lowest BCUT2D eigenvalue weighted by atomic mass is 10.1. The highest BCUT2D eigenvalue weighted by Crippen LogP contribution is 2.23. The van der Waals surface area contributed by atoms with E-state index in [0.717, 1.165) is 0 Å². The molecule has 0 saturated carbocycles. The summed E-state index contributed by atoms with van der Waals surface area (Å²) in [6.45, 7) is 7.91. The van der Waals surface area contributed by atoms with Crippen LogP contribution in [-0.4, -0.2) is 29.7 Å². The first-order valence-corrected chi connectivity index (χ1v) is 5.95. The van der Waals surface area contributed by atoms with Crippen LogP contribution in [0.4, 0.5) is 5.69 Å². The van der Waals surface area contributed by atoms with Crippen LogP contribution in [0.2, 0.25) is 0 Å². The second-order valence-corrected chi connectivity index (χ2v) is 3.99. The van der Waals surface area contributed by atoms with Crippen molar-refractivity contribution < 1.29 is 9.66 Å². The van der Waals surface area contributed by atoms with Crippen LogP contribution in [0.3, 0.4) is 0 Å². The van der Waals surface area contributed by atoms with E-state index in [9.17, 15) is 10.1 Å². The minimum Gasteiger partial charge on any atom is -0.380 e. The van der Waals surface area contributed by atoms with Crippen molar-refractivity contribution in [3.05, 3.63) is 33.1 Å².